The highest BCUT2D eigenvalue weighted by atomic mass is 16.7. The van der Waals surface area contributed by atoms with Gasteiger partial charge >= 0.3 is 0 Å². The van der Waals surface area contributed by atoms with Crippen LogP contribution in [0.1, 0.15) is 30.9 Å². The molecule has 2 aromatic rings. The topological polar surface area (TPSA) is 49.9 Å². The van der Waals surface area contributed by atoms with Crippen molar-refractivity contribution in [2.75, 3.05) is 9.96 Å². The van der Waals surface area contributed by atoms with Crippen LogP contribution < -0.4 is 9.96 Å². The van der Waals surface area contributed by atoms with Crippen LogP contribution in [0.25, 0.3) is 0 Å². The Hall–Kier alpha value is -2.66. The van der Waals surface area contributed by atoms with E-state index in [1.165, 1.54) is 4.90 Å². The molecule has 4 rings (SSSR count). The van der Waals surface area contributed by atoms with E-state index in [0.717, 1.165) is 29.7 Å². The summed E-state index contributed by atoms with van der Waals surface area (Å²) in [5.74, 6) is -0.891. The Balaban J connectivity index is 1.72. The molecule has 0 radical (unpaired) electrons. The number of hydroxylamine groups is 1. The molecule has 0 spiro atoms. The van der Waals surface area contributed by atoms with Crippen molar-refractivity contribution in [3.8, 4) is 0 Å². The molecule has 2 saturated heterocycles. The fourth-order valence-corrected chi connectivity index (χ4v) is 4.29. The summed E-state index contributed by atoms with van der Waals surface area (Å²) in [6.07, 6.45) is 0.939. The number of carbonyl (C=O) groups is 2. The molecule has 0 saturated carbocycles. The predicted octanol–water partition coefficient (Wildman–Crippen LogP) is 3.78. The van der Waals surface area contributed by atoms with Gasteiger partial charge < -0.3 is 0 Å². The smallest absolute Gasteiger partial charge is 0.266 e. The van der Waals surface area contributed by atoms with E-state index < -0.39 is 12.0 Å². The van der Waals surface area contributed by atoms with Crippen LogP contribution in [0.4, 0.5) is 11.4 Å². The summed E-state index contributed by atoms with van der Waals surface area (Å²) in [7, 11) is 0. The van der Waals surface area contributed by atoms with E-state index in [0.29, 0.717) is 5.69 Å². The molecule has 3 atom stereocenters. The van der Waals surface area contributed by atoms with Gasteiger partial charge in [0.05, 0.1) is 23.3 Å². The van der Waals surface area contributed by atoms with Crippen LogP contribution in [0, 0.1) is 19.8 Å². The number of nitrogens with zero attached hydrogens (tertiary/aromatic N) is 2. The van der Waals surface area contributed by atoms with Crippen LogP contribution in [-0.4, -0.2) is 24.0 Å². The molecule has 27 heavy (non-hydrogen) atoms. The minimum Gasteiger partial charge on any atom is -0.273 e. The molecule has 0 aromatic heterocycles. The first-order valence-corrected chi connectivity index (χ1v) is 9.49. The number of imide groups is 1. The molecule has 0 aliphatic carbocycles. The second-order valence-corrected chi connectivity index (χ2v) is 7.32. The van der Waals surface area contributed by atoms with Crippen molar-refractivity contribution in [1.29, 1.82) is 0 Å². The summed E-state index contributed by atoms with van der Waals surface area (Å²) in [6.45, 7) is 5.94. The van der Waals surface area contributed by atoms with Gasteiger partial charge in [-0.3, -0.25) is 14.4 Å². The predicted molar refractivity (Wildman–Crippen MR) is 104 cm³/mol. The Labute approximate surface area is 159 Å². The average molecular weight is 364 g/mol. The highest BCUT2D eigenvalue weighted by molar-refractivity contribution is 6.24. The summed E-state index contributed by atoms with van der Waals surface area (Å²) in [6, 6.07) is 15.3. The monoisotopic (exact) mass is 364 g/mol. The van der Waals surface area contributed by atoms with Crippen molar-refractivity contribution < 1.29 is 14.4 Å². The maximum atomic E-state index is 13.4. The molecule has 2 heterocycles. The summed E-state index contributed by atoms with van der Waals surface area (Å²) in [5, 5.41) is 1.77. The van der Waals surface area contributed by atoms with Gasteiger partial charge in [-0.1, -0.05) is 49.7 Å². The van der Waals surface area contributed by atoms with Crippen molar-refractivity contribution in [2.24, 2.45) is 5.92 Å². The molecule has 2 amide bonds. The maximum absolute atomic E-state index is 13.4. The number of anilines is 2. The maximum Gasteiger partial charge on any atom is 0.266 e. The van der Waals surface area contributed by atoms with Gasteiger partial charge in [0.2, 0.25) is 5.91 Å². The number of para-hydroxylation sites is 2. The second kappa shape index (κ2) is 6.82. The lowest BCUT2D eigenvalue weighted by atomic mass is 9.93. The Bertz CT molecular complexity index is 860. The van der Waals surface area contributed by atoms with Crippen molar-refractivity contribution in [1.82, 2.24) is 0 Å². The van der Waals surface area contributed by atoms with Crippen LogP contribution in [0.2, 0.25) is 0 Å². The molecule has 2 aliphatic rings. The third-order valence-electron chi connectivity index (χ3n) is 5.50. The number of amides is 2. The summed E-state index contributed by atoms with van der Waals surface area (Å²) in [5.41, 5.74) is 3.42. The molecule has 140 valence electrons. The van der Waals surface area contributed by atoms with E-state index in [9.17, 15) is 9.59 Å². The van der Waals surface area contributed by atoms with Crippen molar-refractivity contribution in [3.63, 3.8) is 0 Å². The zero-order chi connectivity index (χ0) is 19.1. The lowest BCUT2D eigenvalue weighted by molar-refractivity contribution is -0.126. The normalized spacial score (nSPS) is 24.6. The standard InChI is InChI=1S/C22H24N2O3/c1-4-9-17-18-20(27-24(17)16-12-6-5-7-13-16)22(26)23(21(18)25)19-14(2)10-8-11-15(19)3/h5-8,10-13,17-18,20H,4,9H2,1-3H3/t17-,18+,20+/m0/s1. The minimum absolute atomic E-state index is 0.145. The van der Waals surface area contributed by atoms with Crippen molar-refractivity contribution in [3.05, 3.63) is 59.7 Å². The molecule has 0 N–H and O–H groups in total. The van der Waals surface area contributed by atoms with Gasteiger partial charge in [0.1, 0.15) is 0 Å². The molecule has 0 bridgehead atoms. The fraction of sp³-hybridized carbons (Fsp3) is 0.364. The van der Waals surface area contributed by atoms with Crippen LogP contribution in [0.15, 0.2) is 48.5 Å². The van der Waals surface area contributed by atoms with Crippen LogP contribution >= 0.6 is 0 Å². The summed E-state index contributed by atoms with van der Waals surface area (Å²) >= 11 is 0. The van der Waals surface area contributed by atoms with E-state index in [1.807, 2.05) is 62.4 Å². The fourth-order valence-electron chi connectivity index (χ4n) is 4.29. The van der Waals surface area contributed by atoms with Gasteiger partial charge in [-0.05, 0) is 43.5 Å². The van der Waals surface area contributed by atoms with Crippen LogP contribution in [0.3, 0.4) is 0 Å². The summed E-state index contributed by atoms with van der Waals surface area (Å²) < 4.78 is 0. The van der Waals surface area contributed by atoms with E-state index in [4.69, 9.17) is 4.84 Å². The van der Waals surface area contributed by atoms with E-state index >= 15 is 0 Å². The Morgan fingerprint density at radius 1 is 0.926 bits per heavy atom. The molecule has 0 unspecified atom stereocenters. The number of rotatable bonds is 4. The van der Waals surface area contributed by atoms with Gasteiger partial charge in [0.15, 0.2) is 6.10 Å². The Morgan fingerprint density at radius 2 is 1.59 bits per heavy atom. The number of hydrogen-bond donors (Lipinski definition) is 0. The second-order valence-electron chi connectivity index (χ2n) is 7.32. The van der Waals surface area contributed by atoms with Crippen molar-refractivity contribution >= 4 is 23.2 Å². The lowest BCUT2D eigenvalue weighted by Crippen LogP contribution is -2.41. The van der Waals surface area contributed by atoms with Gasteiger partial charge in [-0.15, -0.1) is 0 Å². The van der Waals surface area contributed by atoms with Gasteiger partial charge in [0, 0.05) is 0 Å². The van der Waals surface area contributed by atoms with Crippen LogP contribution in [-0.2, 0) is 14.4 Å². The average Bonchev–Trinajstić information content (AvgIpc) is 3.14. The quantitative estimate of drug-likeness (QED) is 0.775. The van der Waals surface area contributed by atoms with Crippen LogP contribution in [0.5, 0.6) is 0 Å². The number of carbonyl (C=O) groups excluding carboxylic acids is 2. The highest BCUT2D eigenvalue weighted by Gasteiger charge is 2.59. The molecule has 5 heteroatoms. The SMILES string of the molecule is CCC[C@H]1[C@H]2C(=O)N(c3c(C)cccc3C)C(=O)[C@@H]2ON1c1ccccc1. The molecule has 2 aromatic carbocycles. The highest BCUT2D eigenvalue weighted by Crippen LogP contribution is 2.42. The first-order valence-electron chi connectivity index (χ1n) is 9.49. The third-order valence-corrected chi connectivity index (χ3v) is 5.50. The number of hydrogen-bond acceptors (Lipinski definition) is 4. The van der Waals surface area contributed by atoms with E-state index in [1.54, 1.807) is 5.06 Å². The number of aryl methyl sites for hydroxylation is 2. The number of benzene rings is 2. The first kappa shape index (κ1) is 17.7. The zero-order valence-corrected chi connectivity index (χ0v) is 15.9. The van der Waals surface area contributed by atoms with Gasteiger partial charge in [-0.2, -0.15) is 0 Å². The van der Waals surface area contributed by atoms with Crippen molar-refractivity contribution in [2.45, 2.75) is 45.8 Å². The lowest BCUT2D eigenvalue weighted by Gasteiger charge is -2.29. The molecule has 5 nitrogen and oxygen atoms in total. The third kappa shape index (κ3) is 2.73. The largest absolute Gasteiger partial charge is 0.273 e. The number of fused-ring (bicyclic) bond motifs is 1. The van der Waals surface area contributed by atoms with E-state index in [-0.39, 0.29) is 17.9 Å². The molecule has 2 fully saturated rings. The van der Waals surface area contributed by atoms with E-state index in [2.05, 4.69) is 6.92 Å². The minimum atomic E-state index is -0.756. The Kier molecular flexibility index (Phi) is 4.48. The van der Waals surface area contributed by atoms with Gasteiger partial charge in [-0.25, -0.2) is 9.96 Å². The molecular weight excluding hydrogens is 340 g/mol. The summed E-state index contributed by atoms with van der Waals surface area (Å²) in [4.78, 5) is 34.0. The van der Waals surface area contributed by atoms with Gasteiger partial charge in [0.25, 0.3) is 5.91 Å². The first-order chi connectivity index (χ1) is 13.0. The molecule has 2 aliphatic heterocycles. The zero-order valence-electron chi connectivity index (χ0n) is 15.9. The molecular formula is C22H24N2O3. The Morgan fingerprint density at radius 3 is 2.22 bits per heavy atom.